The molecule has 156 valence electrons. The molecule has 0 fully saturated rings. The summed E-state index contributed by atoms with van der Waals surface area (Å²) in [6.45, 7) is 0. The second-order valence-corrected chi connectivity index (χ2v) is 10.5. The Morgan fingerprint density at radius 2 is 1.71 bits per heavy atom. The van der Waals surface area contributed by atoms with Crippen LogP contribution in [0.5, 0.6) is 0 Å². The minimum Gasteiger partial charge on any atom is -0.295 e. The van der Waals surface area contributed by atoms with Gasteiger partial charge in [-0.1, -0.05) is 62.2 Å². The zero-order valence-corrected chi connectivity index (χ0v) is 20.6. The molecule has 2 aromatic carbocycles. The highest BCUT2D eigenvalue weighted by Gasteiger charge is 2.39. The highest BCUT2D eigenvalue weighted by atomic mass is 79.9. The number of hydrogen-bond acceptors (Lipinski definition) is 3. The van der Waals surface area contributed by atoms with Gasteiger partial charge in [-0.05, 0) is 83.3 Å². The van der Waals surface area contributed by atoms with Crippen LogP contribution in [0.2, 0.25) is 0 Å². The molecule has 31 heavy (non-hydrogen) atoms. The summed E-state index contributed by atoms with van der Waals surface area (Å²) < 4.78 is 2.10. The van der Waals surface area contributed by atoms with Gasteiger partial charge in [0.05, 0.1) is 10.6 Å². The number of nitrogens with zero attached hydrogens (tertiary/aromatic N) is 1. The molecule has 1 aliphatic heterocycles. The van der Waals surface area contributed by atoms with Gasteiger partial charge in [0.2, 0.25) is 0 Å². The van der Waals surface area contributed by atoms with Crippen LogP contribution >= 0.6 is 43.2 Å². The summed E-state index contributed by atoms with van der Waals surface area (Å²) in [5.74, 6) is 0.0142. The molecule has 1 amide bonds. The van der Waals surface area contributed by atoms with Crippen LogP contribution in [0, 0.1) is 0 Å². The molecule has 0 unspecified atom stereocenters. The minimum absolute atomic E-state index is 0.0142. The fraction of sp³-hybridized carbons (Fsp3) is 0.160. The Morgan fingerprint density at radius 3 is 2.39 bits per heavy atom. The highest BCUT2D eigenvalue weighted by Crippen LogP contribution is 2.44. The monoisotopic (exact) mass is 554 g/mol. The Kier molecular flexibility index (Phi) is 5.87. The van der Waals surface area contributed by atoms with E-state index >= 15 is 0 Å². The van der Waals surface area contributed by atoms with E-state index in [0.717, 1.165) is 49.9 Å². The van der Waals surface area contributed by atoms with Gasteiger partial charge in [0.15, 0.2) is 0 Å². The maximum absolute atomic E-state index is 13.4. The van der Waals surface area contributed by atoms with Crippen LogP contribution in [-0.4, -0.2) is 10.9 Å². The van der Waals surface area contributed by atoms with Crippen molar-refractivity contribution in [3.63, 3.8) is 0 Å². The van der Waals surface area contributed by atoms with E-state index in [4.69, 9.17) is 0 Å². The summed E-state index contributed by atoms with van der Waals surface area (Å²) in [6, 6.07) is 20.4. The molecule has 1 aromatic heterocycles. The molecule has 0 saturated carbocycles. The Labute approximate surface area is 202 Å². The standard InChI is InChI=1S/C25H20Br2N2OS/c26-19-10-6-16(7-11-19)15-18-3-1-4-21-23(18)28-29(25(30)22-5-2-14-31-22)24(21)17-8-12-20(27)13-9-17/h2,5-15,24,28H,1,3-4H2/b18-15+/t24-/m0/s1. The molecular weight excluding hydrogens is 536 g/mol. The number of benzene rings is 2. The van der Waals surface area contributed by atoms with E-state index in [1.165, 1.54) is 22.5 Å². The Balaban J connectivity index is 1.57. The van der Waals surface area contributed by atoms with Gasteiger partial charge in [-0.25, -0.2) is 5.01 Å². The van der Waals surface area contributed by atoms with E-state index in [2.05, 4.69) is 79.8 Å². The molecule has 1 N–H and O–H groups in total. The lowest BCUT2D eigenvalue weighted by Gasteiger charge is -2.26. The van der Waals surface area contributed by atoms with Gasteiger partial charge in [0.25, 0.3) is 5.91 Å². The number of halogens is 2. The number of hydrazine groups is 1. The third-order valence-corrected chi connectivity index (χ3v) is 7.62. The summed E-state index contributed by atoms with van der Waals surface area (Å²) in [6.07, 6.45) is 5.30. The van der Waals surface area contributed by atoms with Crippen LogP contribution in [0.3, 0.4) is 0 Å². The first-order chi connectivity index (χ1) is 15.1. The molecule has 0 bridgehead atoms. The minimum atomic E-state index is -0.105. The maximum atomic E-state index is 13.4. The lowest BCUT2D eigenvalue weighted by atomic mass is 9.86. The predicted molar refractivity (Wildman–Crippen MR) is 134 cm³/mol. The number of hydrogen-bond donors (Lipinski definition) is 1. The number of carbonyl (C=O) groups excluding carboxylic acids is 1. The van der Waals surface area contributed by atoms with Gasteiger partial charge >= 0.3 is 0 Å². The van der Waals surface area contributed by atoms with Crippen LogP contribution in [0.25, 0.3) is 6.08 Å². The van der Waals surface area contributed by atoms with Gasteiger partial charge in [0, 0.05) is 8.95 Å². The van der Waals surface area contributed by atoms with Crippen molar-refractivity contribution >= 4 is 55.2 Å². The van der Waals surface area contributed by atoms with Crippen LogP contribution < -0.4 is 5.43 Å². The number of thiophene rings is 1. The largest absolute Gasteiger partial charge is 0.295 e. The molecule has 1 atom stereocenters. The third-order valence-electron chi connectivity index (χ3n) is 5.70. The lowest BCUT2D eigenvalue weighted by molar-refractivity contribution is 0.0661. The second kappa shape index (κ2) is 8.77. The number of carbonyl (C=O) groups is 1. The molecular formula is C25H20Br2N2OS. The normalized spacial score (nSPS) is 19.5. The Bertz CT molecular complexity index is 1170. The van der Waals surface area contributed by atoms with Crippen molar-refractivity contribution in [2.45, 2.75) is 25.3 Å². The summed E-state index contributed by atoms with van der Waals surface area (Å²) in [7, 11) is 0. The van der Waals surface area contributed by atoms with E-state index in [1.54, 1.807) is 0 Å². The Hall–Kier alpha value is -2.15. The quantitative estimate of drug-likeness (QED) is 0.363. The zero-order valence-electron chi connectivity index (χ0n) is 16.6. The van der Waals surface area contributed by atoms with E-state index in [1.807, 2.05) is 34.7 Å². The van der Waals surface area contributed by atoms with Crippen LogP contribution in [0.15, 0.2) is 91.8 Å². The van der Waals surface area contributed by atoms with Crippen molar-refractivity contribution in [1.82, 2.24) is 10.4 Å². The van der Waals surface area contributed by atoms with Crippen molar-refractivity contribution in [3.8, 4) is 0 Å². The SMILES string of the molecule is O=C(c1cccs1)N1NC2=C(CCC/C2=C\c2ccc(Br)cc2)[C@@H]1c1ccc(Br)cc1. The molecule has 5 rings (SSSR count). The van der Waals surface area contributed by atoms with E-state index in [0.29, 0.717) is 0 Å². The molecule has 0 spiro atoms. The van der Waals surface area contributed by atoms with Gasteiger partial charge in [-0.15, -0.1) is 11.3 Å². The molecule has 3 aromatic rings. The van der Waals surface area contributed by atoms with Gasteiger partial charge in [-0.2, -0.15) is 0 Å². The molecule has 3 nitrogen and oxygen atoms in total. The topological polar surface area (TPSA) is 32.3 Å². The molecule has 2 heterocycles. The molecule has 6 heteroatoms. The van der Waals surface area contributed by atoms with Gasteiger partial charge in [0.1, 0.15) is 6.04 Å². The number of amides is 1. The lowest BCUT2D eigenvalue weighted by Crippen LogP contribution is -2.39. The van der Waals surface area contributed by atoms with Crippen molar-refractivity contribution in [3.05, 3.63) is 108 Å². The van der Waals surface area contributed by atoms with Crippen LogP contribution in [0.1, 0.15) is 46.1 Å². The first-order valence-corrected chi connectivity index (χ1v) is 12.7. The average Bonchev–Trinajstić information content (AvgIpc) is 3.44. The fourth-order valence-corrected chi connectivity index (χ4v) is 5.46. The third kappa shape index (κ3) is 4.16. The van der Waals surface area contributed by atoms with Gasteiger partial charge < -0.3 is 0 Å². The second-order valence-electron chi connectivity index (χ2n) is 7.69. The maximum Gasteiger partial charge on any atom is 0.283 e. The Morgan fingerprint density at radius 1 is 1.00 bits per heavy atom. The summed E-state index contributed by atoms with van der Waals surface area (Å²) in [5.41, 5.74) is 9.45. The first kappa shape index (κ1) is 20.7. The fourth-order valence-electron chi connectivity index (χ4n) is 4.27. The number of rotatable bonds is 3. The van der Waals surface area contributed by atoms with Crippen molar-refractivity contribution in [1.29, 1.82) is 0 Å². The van der Waals surface area contributed by atoms with Crippen LogP contribution in [0.4, 0.5) is 0 Å². The van der Waals surface area contributed by atoms with Crippen molar-refractivity contribution < 1.29 is 4.79 Å². The zero-order chi connectivity index (χ0) is 21.4. The van der Waals surface area contributed by atoms with Crippen molar-refractivity contribution in [2.75, 3.05) is 0 Å². The molecule has 2 aliphatic rings. The van der Waals surface area contributed by atoms with E-state index in [-0.39, 0.29) is 11.9 Å². The number of nitrogens with one attached hydrogen (secondary N) is 1. The smallest absolute Gasteiger partial charge is 0.283 e. The first-order valence-electron chi connectivity index (χ1n) is 10.2. The average molecular weight is 556 g/mol. The molecule has 1 aliphatic carbocycles. The molecule has 0 saturated heterocycles. The summed E-state index contributed by atoms with van der Waals surface area (Å²) >= 11 is 8.52. The predicted octanol–water partition coefficient (Wildman–Crippen LogP) is 7.50. The number of allylic oxidation sites excluding steroid dienone is 1. The van der Waals surface area contributed by atoms with Crippen molar-refractivity contribution in [2.24, 2.45) is 0 Å². The summed E-state index contributed by atoms with van der Waals surface area (Å²) in [5, 5.41) is 3.77. The van der Waals surface area contributed by atoms with E-state index < -0.39 is 0 Å². The molecule has 0 radical (unpaired) electrons. The van der Waals surface area contributed by atoms with Crippen LogP contribution in [-0.2, 0) is 0 Å². The highest BCUT2D eigenvalue weighted by molar-refractivity contribution is 9.10. The van der Waals surface area contributed by atoms with E-state index in [9.17, 15) is 4.79 Å². The summed E-state index contributed by atoms with van der Waals surface area (Å²) in [4.78, 5) is 14.2. The van der Waals surface area contributed by atoms with Gasteiger partial charge in [-0.3, -0.25) is 10.2 Å².